The summed E-state index contributed by atoms with van der Waals surface area (Å²) in [5.41, 5.74) is 0.301. The molecular weight excluding hydrogens is 478 g/mol. The smallest absolute Gasteiger partial charge is 0.355 e. The number of aliphatic hydroxyl groups is 2. The Morgan fingerprint density at radius 3 is 2.70 bits per heavy atom. The van der Waals surface area contributed by atoms with Crippen molar-refractivity contribution in [1.29, 1.82) is 0 Å². The van der Waals surface area contributed by atoms with E-state index in [0.717, 1.165) is 5.57 Å². The summed E-state index contributed by atoms with van der Waals surface area (Å²) >= 11 is 0. The topological polar surface area (TPSA) is 127 Å². The molecular formula is C28H37NO8. The van der Waals surface area contributed by atoms with Crippen molar-refractivity contribution in [3.05, 3.63) is 47.8 Å². The SMILES string of the molecule is COC1CC2C=CC3C4O[C@]2(C(C)=CC(C)C(C(C)O)OC1=O)C3C(O)C(C)C4OC(=O)c1ccc[nH]1. The van der Waals surface area contributed by atoms with Crippen molar-refractivity contribution in [3.8, 4) is 0 Å². The van der Waals surface area contributed by atoms with Crippen molar-refractivity contribution in [2.45, 2.75) is 76.3 Å². The van der Waals surface area contributed by atoms with Crippen molar-refractivity contribution in [2.24, 2.45) is 29.6 Å². The highest BCUT2D eigenvalue weighted by Crippen LogP contribution is 2.61. The van der Waals surface area contributed by atoms with E-state index in [0.29, 0.717) is 5.69 Å². The number of aromatic nitrogens is 1. The van der Waals surface area contributed by atoms with Gasteiger partial charge in [0.25, 0.3) is 0 Å². The molecule has 1 spiro atoms. The molecule has 0 aromatic carbocycles. The Kier molecular flexibility index (Phi) is 6.85. The summed E-state index contributed by atoms with van der Waals surface area (Å²) in [7, 11) is 1.46. The van der Waals surface area contributed by atoms with E-state index in [1.165, 1.54) is 7.11 Å². The number of hydrogen-bond donors (Lipinski definition) is 3. The maximum absolute atomic E-state index is 13.1. The van der Waals surface area contributed by atoms with Gasteiger partial charge in [-0.2, -0.15) is 0 Å². The second-order valence-electron chi connectivity index (χ2n) is 11.1. The van der Waals surface area contributed by atoms with Crippen molar-refractivity contribution < 1.29 is 38.7 Å². The van der Waals surface area contributed by atoms with E-state index in [-0.39, 0.29) is 36.0 Å². The van der Waals surface area contributed by atoms with Gasteiger partial charge in [0.1, 0.15) is 29.6 Å². The van der Waals surface area contributed by atoms with Crippen LogP contribution in [0.3, 0.4) is 0 Å². The third-order valence-electron chi connectivity index (χ3n) is 8.94. The summed E-state index contributed by atoms with van der Waals surface area (Å²) in [6, 6.07) is 3.37. The van der Waals surface area contributed by atoms with E-state index < -0.39 is 54.2 Å². The van der Waals surface area contributed by atoms with Crippen LogP contribution in [-0.4, -0.2) is 76.5 Å². The number of rotatable bonds is 4. The van der Waals surface area contributed by atoms with Gasteiger partial charge < -0.3 is 34.1 Å². The molecule has 2 aliphatic heterocycles. The standard InChI is InChI=1S/C28H37NO8/c1-13-11-14(2)28-17(12-20(34-5)27(33)35-23(13)16(4)30)8-9-18-21(28)22(31)15(3)24(25(18)37-28)36-26(32)19-7-6-10-29-19/h6-11,13,15-18,20-25,29-31H,12H2,1-5H3/t13?,15?,16?,17?,18?,20?,21?,22?,23?,24?,25?,28-/m0/s1. The quantitative estimate of drug-likeness (QED) is 0.412. The normalized spacial score (nSPS) is 43.9. The van der Waals surface area contributed by atoms with Crippen LogP contribution in [0.4, 0.5) is 0 Å². The Balaban J connectivity index is 1.58. The number of aromatic amines is 1. The van der Waals surface area contributed by atoms with Crippen LogP contribution in [0.2, 0.25) is 0 Å². The summed E-state index contributed by atoms with van der Waals surface area (Å²) in [4.78, 5) is 28.8. The molecule has 0 radical (unpaired) electrons. The number of hydrogen-bond acceptors (Lipinski definition) is 8. The summed E-state index contributed by atoms with van der Waals surface area (Å²) in [5, 5.41) is 22.1. The Morgan fingerprint density at radius 2 is 2.05 bits per heavy atom. The largest absolute Gasteiger partial charge is 0.457 e. The molecule has 1 aromatic rings. The monoisotopic (exact) mass is 515 g/mol. The minimum atomic E-state index is -0.933. The molecule has 2 fully saturated rings. The molecule has 5 rings (SSSR count). The van der Waals surface area contributed by atoms with Crippen molar-refractivity contribution in [1.82, 2.24) is 4.98 Å². The van der Waals surface area contributed by atoms with Gasteiger partial charge in [0.2, 0.25) is 0 Å². The lowest BCUT2D eigenvalue weighted by molar-refractivity contribution is -0.172. The van der Waals surface area contributed by atoms with E-state index in [2.05, 4.69) is 4.98 Å². The molecule has 2 aliphatic carbocycles. The van der Waals surface area contributed by atoms with Crippen LogP contribution in [-0.2, 0) is 23.7 Å². The zero-order chi connectivity index (χ0) is 26.6. The Bertz CT molecular complexity index is 1080. The number of aliphatic hydroxyl groups excluding tert-OH is 2. The predicted octanol–water partition coefficient (Wildman–Crippen LogP) is 2.40. The van der Waals surface area contributed by atoms with Crippen LogP contribution in [0, 0.1) is 29.6 Å². The molecule has 1 aromatic heterocycles. The fraction of sp³-hybridized carbons (Fsp3) is 0.643. The number of cyclic esters (lactones) is 1. The second kappa shape index (κ2) is 9.69. The predicted molar refractivity (Wildman–Crippen MR) is 132 cm³/mol. The Morgan fingerprint density at radius 1 is 1.30 bits per heavy atom. The summed E-state index contributed by atoms with van der Waals surface area (Å²) < 4.78 is 24.2. The fourth-order valence-electron chi connectivity index (χ4n) is 7.14. The number of ether oxygens (including phenoxy) is 4. The maximum atomic E-state index is 13.1. The molecule has 4 bridgehead atoms. The molecule has 3 heterocycles. The van der Waals surface area contributed by atoms with E-state index in [9.17, 15) is 19.8 Å². The minimum Gasteiger partial charge on any atom is -0.457 e. The second-order valence-corrected chi connectivity index (χ2v) is 11.1. The molecule has 11 unspecified atom stereocenters. The minimum absolute atomic E-state index is 0.175. The fourth-order valence-corrected chi connectivity index (χ4v) is 7.14. The highest BCUT2D eigenvalue weighted by atomic mass is 16.6. The van der Waals surface area contributed by atoms with Gasteiger partial charge in [-0.25, -0.2) is 9.59 Å². The van der Waals surface area contributed by atoms with Crippen molar-refractivity contribution in [3.63, 3.8) is 0 Å². The number of esters is 2. The van der Waals surface area contributed by atoms with Crippen LogP contribution in [0.5, 0.6) is 0 Å². The molecule has 3 N–H and O–H groups in total. The lowest BCUT2D eigenvalue weighted by atomic mass is 9.57. The van der Waals surface area contributed by atoms with E-state index in [4.69, 9.17) is 18.9 Å². The molecule has 202 valence electrons. The van der Waals surface area contributed by atoms with Gasteiger partial charge in [0.05, 0.1) is 12.2 Å². The highest BCUT2D eigenvalue weighted by Gasteiger charge is 2.69. The lowest BCUT2D eigenvalue weighted by Gasteiger charge is -2.48. The molecule has 4 aliphatic rings. The van der Waals surface area contributed by atoms with E-state index in [1.54, 1.807) is 25.3 Å². The van der Waals surface area contributed by atoms with Crippen LogP contribution < -0.4 is 0 Å². The van der Waals surface area contributed by atoms with E-state index >= 15 is 0 Å². The van der Waals surface area contributed by atoms with Crippen molar-refractivity contribution >= 4 is 11.9 Å². The average Bonchev–Trinajstić information content (AvgIpc) is 3.46. The lowest BCUT2D eigenvalue weighted by Crippen LogP contribution is -2.57. The van der Waals surface area contributed by atoms with Crippen LogP contribution in [0.15, 0.2) is 42.1 Å². The van der Waals surface area contributed by atoms with Gasteiger partial charge in [0.15, 0.2) is 6.10 Å². The molecule has 1 saturated carbocycles. The number of H-pyrrole nitrogens is 1. The first-order valence-corrected chi connectivity index (χ1v) is 13.1. The molecule has 12 atom stereocenters. The molecule has 1 saturated heterocycles. The zero-order valence-electron chi connectivity index (χ0n) is 21.9. The first-order chi connectivity index (χ1) is 17.6. The zero-order valence-corrected chi connectivity index (χ0v) is 21.9. The first-order valence-electron chi connectivity index (χ1n) is 13.1. The summed E-state index contributed by atoms with van der Waals surface area (Å²) in [6.45, 7) is 7.35. The van der Waals surface area contributed by atoms with Crippen LogP contribution in [0.25, 0.3) is 0 Å². The summed E-state index contributed by atoms with van der Waals surface area (Å²) in [6.07, 6.45) is 3.53. The average molecular weight is 516 g/mol. The molecule has 0 amide bonds. The number of carbonyl (C=O) groups excluding carboxylic acids is 2. The van der Waals surface area contributed by atoms with Gasteiger partial charge in [-0.1, -0.05) is 32.1 Å². The third kappa shape index (κ3) is 4.07. The first kappa shape index (κ1) is 26.2. The highest BCUT2D eigenvalue weighted by molar-refractivity contribution is 5.87. The van der Waals surface area contributed by atoms with Gasteiger partial charge >= 0.3 is 11.9 Å². The molecule has 9 heteroatoms. The number of nitrogens with one attached hydrogen (secondary N) is 1. The Hall–Kier alpha value is -2.46. The van der Waals surface area contributed by atoms with Gasteiger partial charge in [0, 0.05) is 42.9 Å². The number of methoxy groups -OCH3 is 1. The van der Waals surface area contributed by atoms with Crippen LogP contribution in [0.1, 0.15) is 44.6 Å². The van der Waals surface area contributed by atoms with Crippen LogP contribution >= 0.6 is 0 Å². The molecule has 9 nitrogen and oxygen atoms in total. The van der Waals surface area contributed by atoms with Crippen molar-refractivity contribution in [2.75, 3.05) is 7.11 Å². The van der Waals surface area contributed by atoms with E-state index in [1.807, 2.05) is 39.0 Å². The maximum Gasteiger partial charge on any atom is 0.355 e. The number of carbonyl (C=O) groups is 2. The van der Waals surface area contributed by atoms with Gasteiger partial charge in [-0.05, 0) is 38.0 Å². The van der Waals surface area contributed by atoms with Gasteiger partial charge in [-0.3, -0.25) is 0 Å². The summed E-state index contributed by atoms with van der Waals surface area (Å²) in [5.74, 6) is -2.49. The van der Waals surface area contributed by atoms with Gasteiger partial charge in [-0.15, -0.1) is 0 Å². The Labute approximate surface area is 216 Å². The molecule has 37 heavy (non-hydrogen) atoms. The third-order valence-corrected chi connectivity index (χ3v) is 8.94.